The molecule has 3 rings (SSSR count). The van der Waals surface area contributed by atoms with Crippen molar-refractivity contribution < 1.29 is 18.7 Å². The van der Waals surface area contributed by atoms with Gasteiger partial charge in [0.05, 0.1) is 12.8 Å². The second-order valence-corrected chi connectivity index (χ2v) is 7.21. The Morgan fingerprint density at radius 1 is 1.07 bits per heavy atom. The Bertz CT molecular complexity index is 990. The number of carbonyl (C=O) groups excluding carboxylic acids is 2. The van der Waals surface area contributed by atoms with Gasteiger partial charge in [-0.05, 0) is 48.4 Å². The Balaban J connectivity index is 1.41. The SMILES string of the molecule is COc1ccc(NC(=O)Nc2nc(CCC(=O)NCc3ccc(F)cc3)cs2)cc1. The summed E-state index contributed by atoms with van der Waals surface area (Å²) in [6.07, 6.45) is 0.718. The second kappa shape index (κ2) is 10.4. The molecule has 0 saturated carbocycles. The minimum atomic E-state index is -0.405. The van der Waals surface area contributed by atoms with Crippen LogP contribution < -0.4 is 20.7 Å². The molecule has 0 radical (unpaired) electrons. The third-order valence-electron chi connectivity index (χ3n) is 4.13. The number of aromatic nitrogens is 1. The summed E-state index contributed by atoms with van der Waals surface area (Å²) in [6.45, 7) is 0.342. The van der Waals surface area contributed by atoms with Crippen molar-refractivity contribution in [3.63, 3.8) is 0 Å². The van der Waals surface area contributed by atoms with E-state index in [1.165, 1.54) is 23.5 Å². The molecule has 0 aliphatic carbocycles. The number of hydrogen-bond acceptors (Lipinski definition) is 5. The monoisotopic (exact) mass is 428 g/mol. The maximum atomic E-state index is 12.9. The molecule has 0 unspecified atom stereocenters. The lowest BCUT2D eigenvalue weighted by atomic mass is 10.2. The van der Waals surface area contributed by atoms with Gasteiger partial charge in [0.15, 0.2) is 5.13 Å². The van der Waals surface area contributed by atoms with Gasteiger partial charge in [0.25, 0.3) is 0 Å². The van der Waals surface area contributed by atoms with Crippen LogP contribution in [-0.2, 0) is 17.8 Å². The van der Waals surface area contributed by atoms with Gasteiger partial charge in [-0.2, -0.15) is 0 Å². The number of ether oxygens (including phenoxy) is 1. The standard InChI is InChI=1S/C21H21FN4O3S/c1-29-18-9-6-16(7-10-18)24-20(28)26-21-25-17(13-30-21)8-11-19(27)23-12-14-2-4-15(22)5-3-14/h2-7,9-10,13H,8,11-12H2,1H3,(H,23,27)(H2,24,25,26,28). The van der Waals surface area contributed by atoms with Crippen molar-refractivity contribution in [2.75, 3.05) is 17.7 Å². The van der Waals surface area contributed by atoms with Crippen molar-refractivity contribution in [1.29, 1.82) is 0 Å². The highest BCUT2D eigenvalue weighted by molar-refractivity contribution is 7.13. The van der Waals surface area contributed by atoms with Crippen LogP contribution in [0, 0.1) is 5.82 Å². The van der Waals surface area contributed by atoms with E-state index in [0.29, 0.717) is 29.5 Å². The van der Waals surface area contributed by atoms with Crippen LogP contribution in [0.2, 0.25) is 0 Å². The largest absolute Gasteiger partial charge is 0.497 e. The molecule has 156 valence electrons. The topological polar surface area (TPSA) is 92.3 Å². The normalized spacial score (nSPS) is 10.3. The third kappa shape index (κ3) is 6.56. The van der Waals surface area contributed by atoms with Crippen LogP contribution in [0.25, 0.3) is 0 Å². The molecule has 0 fully saturated rings. The summed E-state index contributed by atoms with van der Waals surface area (Å²) in [4.78, 5) is 28.4. The average Bonchev–Trinajstić information content (AvgIpc) is 3.19. The quantitative estimate of drug-likeness (QED) is 0.502. The Hall–Kier alpha value is -3.46. The number of benzene rings is 2. The van der Waals surface area contributed by atoms with Gasteiger partial charge in [-0.1, -0.05) is 12.1 Å². The summed E-state index contributed by atoms with van der Waals surface area (Å²) in [5.41, 5.74) is 2.17. The number of aryl methyl sites for hydroxylation is 1. The van der Waals surface area contributed by atoms with E-state index in [2.05, 4.69) is 20.9 Å². The van der Waals surface area contributed by atoms with E-state index in [9.17, 15) is 14.0 Å². The zero-order valence-corrected chi connectivity index (χ0v) is 17.1. The van der Waals surface area contributed by atoms with Crippen molar-refractivity contribution in [1.82, 2.24) is 10.3 Å². The van der Waals surface area contributed by atoms with E-state index in [0.717, 1.165) is 11.3 Å². The fourth-order valence-electron chi connectivity index (χ4n) is 2.55. The van der Waals surface area contributed by atoms with Crippen LogP contribution in [0.3, 0.4) is 0 Å². The molecule has 0 atom stereocenters. The molecular formula is C21H21FN4O3S. The number of carbonyl (C=O) groups is 2. The highest BCUT2D eigenvalue weighted by Gasteiger charge is 2.09. The van der Waals surface area contributed by atoms with Crippen LogP contribution >= 0.6 is 11.3 Å². The van der Waals surface area contributed by atoms with Gasteiger partial charge in [-0.25, -0.2) is 14.2 Å². The first kappa shape index (κ1) is 21.3. The number of thiazole rings is 1. The summed E-state index contributed by atoms with van der Waals surface area (Å²) in [7, 11) is 1.57. The number of halogens is 1. The van der Waals surface area contributed by atoms with Gasteiger partial charge in [0.2, 0.25) is 5.91 Å². The van der Waals surface area contributed by atoms with Crippen LogP contribution in [0.15, 0.2) is 53.9 Å². The van der Waals surface area contributed by atoms with Gasteiger partial charge in [-0.3, -0.25) is 10.1 Å². The smallest absolute Gasteiger partial charge is 0.325 e. The van der Waals surface area contributed by atoms with Crippen LogP contribution in [0.5, 0.6) is 5.75 Å². The maximum Gasteiger partial charge on any atom is 0.325 e. The first-order chi connectivity index (χ1) is 14.5. The number of methoxy groups -OCH3 is 1. The highest BCUT2D eigenvalue weighted by Crippen LogP contribution is 2.18. The Kier molecular flexibility index (Phi) is 7.34. The van der Waals surface area contributed by atoms with Crippen molar-refractivity contribution in [3.8, 4) is 5.75 Å². The van der Waals surface area contributed by atoms with Gasteiger partial charge in [0, 0.05) is 24.0 Å². The summed E-state index contributed by atoms with van der Waals surface area (Å²) in [6, 6.07) is 12.5. The molecule has 3 aromatic rings. The maximum absolute atomic E-state index is 12.9. The van der Waals surface area contributed by atoms with Crippen molar-refractivity contribution >= 4 is 34.1 Å². The molecule has 7 nitrogen and oxygen atoms in total. The average molecular weight is 428 g/mol. The van der Waals surface area contributed by atoms with E-state index < -0.39 is 6.03 Å². The van der Waals surface area contributed by atoms with E-state index >= 15 is 0 Å². The molecule has 1 aromatic heterocycles. The van der Waals surface area contributed by atoms with Gasteiger partial charge < -0.3 is 15.4 Å². The molecule has 0 aliphatic rings. The van der Waals surface area contributed by atoms with Crippen LogP contribution in [-0.4, -0.2) is 24.0 Å². The lowest BCUT2D eigenvalue weighted by molar-refractivity contribution is -0.121. The van der Waals surface area contributed by atoms with Gasteiger partial charge in [0.1, 0.15) is 11.6 Å². The number of nitrogens with zero attached hydrogens (tertiary/aromatic N) is 1. The zero-order valence-electron chi connectivity index (χ0n) is 16.3. The molecule has 30 heavy (non-hydrogen) atoms. The molecular weight excluding hydrogens is 407 g/mol. The fourth-order valence-corrected chi connectivity index (χ4v) is 3.29. The Morgan fingerprint density at radius 2 is 1.80 bits per heavy atom. The summed E-state index contributed by atoms with van der Waals surface area (Å²) >= 11 is 1.29. The Labute approximate surface area is 177 Å². The fraction of sp³-hybridized carbons (Fsp3) is 0.190. The molecule has 3 amide bonds. The van der Waals surface area contributed by atoms with Crippen molar-refractivity contribution in [3.05, 3.63) is 71.0 Å². The predicted octanol–water partition coefficient (Wildman–Crippen LogP) is 4.18. The first-order valence-corrected chi connectivity index (χ1v) is 10.1. The summed E-state index contributed by atoms with van der Waals surface area (Å²) in [5.74, 6) is 0.266. The zero-order chi connectivity index (χ0) is 21.3. The molecule has 1 heterocycles. The van der Waals surface area contributed by atoms with E-state index in [4.69, 9.17) is 4.74 Å². The predicted molar refractivity (Wildman–Crippen MR) is 114 cm³/mol. The number of amides is 3. The van der Waals surface area contributed by atoms with Crippen molar-refractivity contribution in [2.45, 2.75) is 19.4 Å². The number of nitrogens with one attached hydrogen (secondary N) is 3. The van der Waals surface area contributed by atoms with Crippen LogP contribution in [0.4, 0.5) is 20.0 Å². The molecule has 0 spiro atoms. The van der Waals surface area contributed by atoms with Gasteiger partial charge in [-0.15, -0.1) is 11.3 Å². The molecule has 0 saturated heterocycles. The van der Waals surface area contributed by atoms with Crippen LogP contribution in [0.1, 0.15) is 17.7 Å². The lowest BCUT2D eigenvalue weighted by Crippen LogP contribution is -2.23. The summed E-state index contributed by atoms with van der Waals surface area (Å²) < 4.78 is 18.0. The Morgan fingerprint density at radius 3 is 2.50 bits per heavy atom. The molecule has 0 aliphatic heterocycles. The van der Waals surface area contributed by atoms with Crippen molar-refractivity contribution in [2.24, 2.45) is 0 Å². The summed E-state index contributed by atoms with van der Waals surface area (Å²) in [5, 5.41) is 10.4. The number of rotatable bonds is 8. The molecule has 2 aromatic carbocycles. The number of anilines is 2. The van der Waals surface area contributed by atoms with Gasteiger partial charge >= 0.3 is 6.03 Å². The minimum Gasteiger partial charge on any atom is -0.497 e. The lowest BCUT2D eigenvalue weighted by Gasteiger charge is -2.06. The number of urea groups is 1. The van der Waals surface area contributed by atoms with E-state index in [1.54, 1.807) is 48.9 Å². The highest BCUT2D eigenvalue weighted by atomic mass is 32.1. The van der Waals surface area contributed by atoms with E-state index in [-0.39, 0.29) is 18.1 Å². The molecule has 0 bridgehead atoms. The third-order valence-corrected chi connectivity index (χ3v) is 4.94. The molecule has 9 heteroatoms. The first-order valence-electron chi connectivity index (χ1n) is 9.19. The minimum absolute atomic E-state index is 0.126. The molecule has 3 N–H and O–H groups in total. The second-order valence-electron chi connectivity index (χ2n) is 6.35. The number of hydrogen-bond donors (Lipinski definition) is 3. The van der Waals surface area contributed by atoms with E-state index in [1.807, 2.05) is 0 Å².